The molecule has 0 amide bonds. The van der Waals surface area contributed by atoms with E-state index in [4.69, 9.17) is 4.74 Å². The molecule has 0 fully saturated rings. The Kier molecular flexibility index (Phi) is 7.82. The topological polar surface area (TPSA) is 32.7 Å². The highest BCUT2D eigenvalue weighted by atomic mass is 16.5. The third-order valence-electron chi connectivity index (χ3n) is 3.51. The van der Waals surface area contributed by atoms with Crippen LogP contribution >= 0.6 is 0 Å². The second-order valence-corrected chi connectivity index (χ2v) is 5.71. The molecule has 0 spiro atoms. The van der Waals surface area contributed by atoms with Crippen LogP contribution in [0.1, 0.15) is 39.7 Å². The molecular formula is C17H29NO2. The standard InChI is InChI=1S/C17H29NO2/c1-5-15(4)18(11-16-9-7-6-8-10-16)12-17(19)13-20-14(2)3/h6-10,14-15,17,19H,5,11-13H2,1-4H3. The normalized spacial score (nSPS) is 14.8. The van der Waals surface area contributed by atoms with E-state index in [0.29, 0.717) is 19.2 Å². The molecule has 0 bridgehead atoms. The average molecular weight is 279 g/mol. The fourth-order valence-electron chi connectivity index (χ4n) is 2.10. The van der Waals surface area contributed by atoms with Gasteiger partial charge in [-0.3, -0.25) is 4.90 Å². The molecule has 2 unspecified atom stereocenters. The third kappa shape index (κ3) is 6.51. The summed E-state index contributed by atoms with van der Waals surface area (Å²) in [6, 6.07) is 10.9. The fourth-order valence-corrected chi connectivity index (χ4v) is 2.10. The van der Waals surface area contributed by atoms with E-state index in [2.05, 4.69) is 43.0 Å². The Labute approximate surface area is 123 Å². The van der Waals surface area contributed by atoms with Crippen molar-refractivity contribution >= 4 is 0 Å². The zero-order valence-electron chi connectivity index (χ0n) is 13.2. The summed E-state index contributed by atoms with van der Waals surface area (Å²) in [5.74, 6) is 0. The van der Waals surface area contributed by atoms with Gasteiger partial charge in [-0.25, -0.2) is 0 Å². The summed E-state index contributed by atoms with van der Waals surface area (Å²) >= 11 is 0. The van der Waals surface area contributed by atoms with Crippen LogP contribution in [0.5, 0.6) is 0 Å². The number of hydrogen-bond acceptors (Lipinski definition) is 3. The highest BCUT2D eigenvalue weighted by molar-refractivity contribution is 5.14. The monoisotopic (exact) mass is 279 g/mol. The number of aliphatic hydroxyl groups is 1. The quantitative estimate of drug-likeness (QED) is 0.754. The van der Waals surface area contributed by atoms with Crippen LogP contribution in [0.25, 0.3) is 0 Å². The van der Waals surface area contributed by atoms with Crippen molar-refractivity contribution in [3.05, 3.63) is 35.9 Å². The molecule has 0 aliphatic carbocycles. The zero-order chi connectivity index (χ0) is 15.0. The minimum Gasteiger partial charge on any atom is -0.389 e. The largest absolute Gasteiger partial charge is 0.389 e. The first-order valence-corrected chi connectivity index (χ1v) is 7.60. The van der Waals surface area contributed by atoms with E-state index < -0.39 is 6.10 Å². The summed E-state index contributed by atoms with van der Waals surface area (Å²) in [6.07, 6.45) is 0.802. The van der Waals surface area contributed by atoms with Crippen LogP contribution in [0.15, 0.2) is 30.3 Å². The molecule has 0 aliphatic heterocycles. The second kappa shape index (κ2) is 9.11. The Morgan fingerprint density at radius 2 is 1.80 bits per heavy atom. The molecule has 114 valence electrons. The minimum absolute atomic E-state index is 0.163. The van der Waals surface area contributed by atoms with Gasteiger partial charge in [-0.1, -0.05) is 37.3 Å². The van der Waals surface area contributed by atoms with Crippen LogP contribution < -0.4 is 0 Å². The Morgan fingerprint density at radius 3 is 2.35 bits per heavy atom. The summed E-state index contributed by atoms with van der Waals surface area (Å²) in [6.45, 7) is 10.3. The smallest absolute Gasteiger partial charge is 0.0900 e. The molecule has 0 saturated heterocycles. The molecule has 0 aliphatic rings. The molecule has 3 heteroatoms. The summed E-state index contributed by atoms with van der Waals surface area (Å²) in [7, 11) is 0. The molecule has 20 heavy (non-hydrogen) atoms. The van der Waals surface area contributed by atoms with Gasteiger partial charge in [0.25, 0.3) is 0 Å². The maximum Gasteiger partial charge on any atom is 0.0900 e. The minimum atomic E-state index is -0.435. The van der Waals surface area contributed by atoms with Gasteiger partial charge in [-0.05, 0) is 32.8 Å². The summed E-state index contributed by atoms with van der Waals surface area (Å²) < 4.78 is 5.49. The summed E-state index contributed by atoms with van der Waals surface area (Å²) in [5.41, 5.74) is 1.28. The molecule has 1 rings (SSSR count). The first-order valence-electron chi connectivity index (χ1n) is 7.60. The lowest BCUT2D eigenvalue weighted by Crippen LogP contribution is -2.40. The number of aliphatic hydroxyl groups excluding tert-OH is 1. The van der Waals surface area contributed by atoms with Crippen molar-refractivity contribution in [3.8, 4) is 0 Å². The van der Waals surface area contributed by atoms with Crippen LogP contribution in [0.2, 0.25) is 0 Å². The van der Waals surface area contributed by atoms with Crippen molar-refractivity contribution in [3.63, 3.8) is 0 Å². The first-order chi connectivity index (χ1) is 9.52. The Hall–Kier alpha value is -0.900. The number of ether oxygens (including phenoxy) is 1. The fraction of sp³-hybridized carbons (Fsp3) is 0.647. The van der Waals surface area contributed by atoms with Crippen LogP contribution in [-0.2, 0) is 11.3 Å². The maximum atomic E-state index is 10.1. The Bertz CT molecular complexity index is 353. The molecule has 0 heterocycles. The molecule has 1 aromatic rings. The van der Waals surface area contributed by atoms with E-state index in [-0.39, 0.29) is 6.10 Å². The number of rotatable bonds is 9. The first kappa shape index (κ1) is 17.2. The van der Waals surface area contributed by atoms with E-state index in [1.54, 1.807) is 0 Å². The maximum absolute atomic E-state index is 10.1. The highest BCUT2D eigenvalue weighted by Crippen LogP contribution is 2.11. The Balaban J connectivity index is 2.56. The molecule has 1 N–H and O–H groups in total. The van der Waals surface area contributed by atoms with Gasteiger partial charge in [0.2, 0.25) is 0 Å². The Morgan fingerprint density at radius 1 is 1.15 bits per heavy atom. The summed E-state index contributed by atoms with van der Waals surface area (Å²) in [4.78, 5) is 2.32. The number of benzene rings is 1. The molecule has 3 nitrogen and oxygen atoms in total. The lowest BCUT2D eigenvalue weighted by Gasteiger charge is -2.30. The van der Waals surface area contributed by atoms with Gasteiger partial charge >= 0.3 is 0 Å². The lowest BCUT2D eigenvalue weighted by molar-refractivity contribution is -0.0149. The van der Waals surface area contributed by atoms with Crippen molar-refractivity contribution in [2.24, 2.45) is 0 Å². The van der Waals surface area contributed by atoms with Crippen LogP contribution in [0.3, 0.4) is 0 Å². The molecule has 0 radical (unpaired) electrons. The van der Waals surface area contributed by atoms with Crippen molar-refractivity contribution in [1.82, 2.24) is 4.90 Å². The van der Waals surface area contributed by atoms with Crippen LogP contribution in [-0.4, -0.2) is 41.4 Å². The number of hydrogen-bond donors (Lipinski definition) is 1. The highest BCUT2D eigenvalue weighted by Gasteiger charge is 2.17. The van der Waals surface area contributed by atoms with Gasteiger partial charge in [-0.15, -0.1) is 0 Å². The molecular weight excluding hydrogens is 250 g/mol. The molecule has 1 aromatic carbocycles. The van der Waals surface area contributed by atoms with E-state index in [1.165, 1.54) is 5.56 Å². The van der Waals surface area contributed by atoms with E-state index in [1.807, 2.05) is 19.9 Å². The van der Waals surface area contributed by atoms with Gasteiger partial charge in [0.15, 0.2) is 0 Å². The van der Waals surface area contributed by atoms with Crippen LogP contribution in [0, 0.1) is 0 Å². The van der Waals surface area contributed by atoms with Gasteiger partial charge in [0.05, 0.1) is 18.8 Å². The van der Waals surface area contributed by atoms with Crippen molar-refractivity contribution in [2.45, 2.75) is 58.9 Å². The van der Waals surface area contributed by atoms with Gasteiger partial charge in [0, 0.05) is 19.1 Å². The van der Waals surface area contributed by atoms with Crippen LogP contribution in [0.4, 0.5) is 0 Å². The second-order valence-electron chi connectivity index (χ2n) is 5.71. The van der Waals surface area contributed by atoms with E-state index in [9.17, 15) is 5.11 Å². The molecule has 0 aromatic heterocycles. The molecule has 2 atom stereocenters. The zero-order valence-corrected chi connectivity index (χ0v) is 13.2. The predicted molar refractivity (Wildman–Crippen MR) is 83.7 cm³/mol. The van der Waals surface area contributed by atoms with Gasteiger partial charge < -0.3 is 9.84 Å². The van der Waals surface area contributed by atoms with Gasteiger partial charge in [-0.2, -0.15) is 0 Å². The molecule has 0 saturated carbocycles. The lowest BCUT2D eigenvalue weighted by atomic mass is 10.1. The van der Waals surface area contributed by atoms with Crippen molar-refractivity contribution in [2.75, 3.05) is 13.2 Å². The third-order valence-corrected chi connectivity index (χ3v) is 3.51. The summed E-state index contributed by atoms with van der Waals surface area (Å²) in [5, 5.41) is 10.1. The predicted octanol–water partition coefficient (Wildman–Crippen LogP) is 3.07. The van der Waals surface area contributed by atoms with E-state index in [0.717, 1.165) is 13.0 Å². The SMILES string of the molecule is CCC(C)N(Cc1ccccc1)CC(O)COC(C)C. The number of nitrogens with zero attached hydrogens (tertiary/aromatic N) is 1. The van der Waals surface area contributed by atoms with Gasteiger partial charge in [0.1, 0.15) is 0 Å². The van der Waals surface area contributed by atoms with Crippen molar-refractivity contribution < 1.29 is 9.84 Å². The van der Waals surface area contributed by atoms with E-state index >= 15 is 0 Å². The average Bonchev–Trinajstić information content (AvgIpc) is 2.44. The van der Waals surface area contributed by atoms with Crippen molar-refractivity contribution in [1.29, 1.82) is 0 Å².